The van der Waals surface area contributed by atoms with Crippen molar-refractivity contribution in [2.75, 3.05) is 6.61 Å². The van der Waals surface area contributed by atoms with E-state index in [9.17, 15) is 9.59 Å². The van der Waals surface area contributed by atoms with Gasteiger partial charge in [-0.2, -0.15) is 0 Å². The zero-order chi connectivity index (χ0) is 31.5. The molecule has 6 rings (SSSR count). The first-order valence-corrected chi connectivity index (χ1v) is 17.4. The molecule has 0 fully saturated rings. The SMILES string of the molecule is CCOC(=O)C1=C(c2ccccc2)N=c2s/c(=C\c3cc(I)cc(I)c3OCc3cccc(Cl)c3)c(=O)n2[C@@H]1c1ccccc1. The maximum absolute atomic E-state index is 14.3. The highest BCUT2D eigenvalue weighted by molar-refractivity contribution is 14.1. The van der Waals surface area contributed by atoms with Gasteiger partial charge in [0.15, 0.2) is 4.80 Å². The second-order valence-electron chi connectivity index (χ2n) is 10.1. The molecule has 1 aliphatic rings. The van der Waals surface area contributed by atoms with Crippen molar-refractivity contribution in [3.63, 3.8) is 0 Å². The van der Waals surface area contributed by atoms with Gasteiger partial charge in [-0.05, 0) is 93.6 Å². The number of thiazole rings is 1. The van der Waals surface area contributed by atoms with Crippen LogP contribution in [0.25, 0.3) is 11.8 Å². The molecule has 1 aromatic heterocycles. The largest absolute Gasteiger partial charge is 0.487 e. The van der Waals surface area contributed by atoms with Crippen molar-refractivity contribution in [2.24, 2.45) is 4.99 Å². The molecule has 1 atom stereocenters. The summed E-state index contributed by atoms with van der Waals surface area (Å²) >= 11 is 12.0. The smallest absolute Gasteiger partial charge is 0.338 e. The number of ether oxygens (including phenoxy) is 2. The van der Waals surface area contributed by atoms with Crippen LogP contribution in [0.5, 0.6) is 5.75 Å². The molecule has 226 valence electrons. The van der Waals surface area contributed by atoms with Crippen LogP contribution < -0.4 is 19.6 Å². The van der Waals surface area contributed by atoms with E-state index in [4.69, 9.17) is 26.1 Å². The molecule has 0 saturated carbocycles. The molecule has 0 aliphatic carbocycles. The number of fused-ring (bicyclic) bond motifs is 1. The monoisotopic (exact) mass is 858 g/mol. The molecule has 2 heterocycles. The molecule has 0 radical (unpaired) electrons. The first-order chi connectivity index (χ1) is 21.8. The van der Waals surface area contributed by atoms with Crippen LogP contribution in [0.3, 0.4) is 0 Å². The summed E-state index contributed by atoms with van der Waals surface area (Å²) in [5.41, 5.74) is 3.81. The van der Waals surface area contributed by atoms with Gasteiger partial charge in [0, 0.05) is 19.7 Å². The van der Waals surface area contributed by atoms with Crippen LogP contribution in [0.4, 0.5) is 0 Å². The first-order valence-electron chi connectivity index (χ1n) is 14.0. The van der Waals surface area contributed by atoms with Crippen molar-refractivity contribution in [2.45, 2.75) is 19.6 Å². The highest BCUT2D eigenvalue weighted by atomic mass is 127. The molecule has 10 heteroatoms. The second kappa shape index (κ2) is 14.0. The Kier molecular flexibility index (Phi) is 9.88. The number of aromatic nitrogens is 1. The standard InChI is InChI=1S/C35H25ClI2N2O4S/c1-2-43-34(42)29-30(22-11-5-3-6-12-22)39-35-40(31(29)23-13-7-4-8-14-23)33(41)28(45-35)18-24-17-26(37)19-27(38)32(24)44-20-21-10-9-15-25(36)16-21/h3-19,31H,2,20H2,1H3/b28-18-/t31-/m1/s1. The number of hydrogen-bond donors (Lipinski definition) is 0. The van der Waals surface area contributed by atoms with E-state index in [2.05, 4.69) is 45.2 Å². The summed E-state index contributed by atoms with van der Waals surface area (Å²) in [4.78, 5) is 33.4. The van der Waals surface area contributed by atoms with Crippen LogP contribution in [-0.2, 0) is 16.1 Å². The lowest BCUT2D eigenvalue weighted by molar-refractivity contribution is -0.138. The van der Waals surface area contributed by atoms with Crippen LogP contribution in [0.2, 0.25) is 5.02 Å². The van der Waals surface area contributed by atoms with E-state index in [0.717, 1.165) is 29.4 Å². The molecule has 4 aromatic carbocycles. The van der Waals surface area contributed by atoms with E-state index in [-0.39, 0.29) is 12.2 Å². The summed E-state index contributed by atoms with van der Waals surface area (Å²) in [5, 5.41) is 0.639. The normalized spacial score (nSPS) is 14.6. The van der Waals surface area contributed by atoms with E-state index in [1.165, 1.54) is 11.3 Å². The summed E-state index contributed by atoms with van der Waals surface area (Å²) in [7, 11) is 0. The molecule has 5 aromatic rings. The molecule has 0 spiro atoms. The number of benzene rings is 4. The van der Waals surface area contributed by atoms with Crippen molar-refractivity contribution < 1.29 is 14.3 Å². The lowest BCUT2D eigenvalue weighted by atomic mass is 9.93. The summed E-state index contributed by atoms with van der Waals surface area (Å²) in [6.45, 7) is 2.28. The van der Waals surface area contributed by atoms with E-state index in [1.807, 2.05) is 103 Å². The topological polar surface area (TPSA) is 69.9 Å². The van der Waals surface area contributed by atoms with Gasteiger partial charge in [-0.3, -0.25) is 9.36 Å². The van der Waals surface area contributed by atoms with Gasteiger partial charge in [-0.1, -0.05) is 95.7 Å². The highest BCUT2D eigenvalue weighted by Crippen LogP contribution is 2.35. The van der Waals surface area contributed by atoms with E-state index in [0.29, 0.717) is 38.0 Å². The van der Waals surface area contributed by atoms with Gasteiger partial charge in [-0.25, -0.2) is 9.79 Å². The Morgan fingerprint density at radius 1 is 1.00 bits per heavy atom. The van der Waals surface area contributed by atoms with E-state index >= 15 is 0 Å². The zero-order valence-corrected chi connectivity index (χ0v) is 29.8. The van der Waals surface area contributed by atoms with Gasteiger partial charge in [0.2, 0.25) is 0 Å². The Morgan fingerprint density at radius 2 is 1.73 bits per heavy atom. The number of nitrogens with zero attached hydrogens (tertiary/aromatic N) is 2. The third kappa shape index (κ3) is 6.81. The van der Waals surface area contributed by atoms with Crippen molar-refractivity contribution in [1.29, 1.82) is 0 Å². The van der Waals surface area contributed by atoms with Gasteiger partial charge in [0.05, 0.1) is 32.0 Å². The van der Waals surface area contributed by atoms with Crippen LogP contribution >= 0.6 is 68.1 Å². The molecule has 0 amide bonds. The van der Waals surface area contributed by atoms with Crippen LogP contribution in [-0.4, -0.2) is 17.1 Å². The van der Waals surface area contributed by atoms with E-state index < -0.39 is 12.0 Å². The minimum Gasteiger partial charge on any atom is -0.487 e. The van der Waals surface area contributed by atoms with Crippen LogP contribution in [0.15, 0.2) is 112 Å². The quantitative estimate of drug-likeness (QED) is 0.121. The minimum absolute atomic E-state index is 0.194. The van der Waals surface area contributed by atoms with Crippen molar-refractivity contribution >= 4 is 85.9 Å². The van der Waals surface area contributed by atoms with Crippen molar-refractivity contribution in [1.82, 2.24) is 4.57 Å². The molecule has 0 unspecified atom stereocenters. The fourth-order valence-electron chi connectivity index (χ4n) is 5.15. The van der Waals surface area contributed by atoms with Gasteiger partial charge < -0.3 is 9.47 Å². The fraction of sp³-hybridized carbons (Fsp3) is 0.114. The fourth-order valence-corrected chi connectivity index (χ4v) is 8.40. The first kappa shape index (κ1) is 31.7. The Morgan fingerprint density at radius 3 is 2.44 bits per heavy atom. The molecular formula is C35H25ClI2N2O4S. The van der Waals surface area contributed by atoms with Gasteiger partial charge in [0.25, 0.3) is 5.56 Å². The van der Waals surface area contributed by atoms with Gasteiger partial charge >= 0.3 is 5.97 Å². The summed E-state index contributed by atoms with van der Waals surface area (Å²) < 4.78 is 15.9. The summed E-state index contributed by atoms with van der Waals surface area (Å²) in [6.07, 6.45) is 1.85. The molecular weight excluding hydrogens is 834 g/mol. The Labute approximate surface area is 296 Å². The lowest BCUT2D eigenvalue weighted by Crippen LogP contribution is -2.40. The number of hydrogen-bond acceptors (Lipinski definition) is 6. The Hall–Kier alpha value is -3.26. The van der Waals surface area contributed by atoms with Gasteiger partial charge in [0.1, 0.15) is 12.4 Å². The second-order valence-corrected chi connectivity index (χ2v) is 13.9. The third-order valence-electron chi connectivity index (χ3n) is 7.08. The molecule has 0 N–H and O–H groups in total. The number of esters is 1. The van der Waals surface area contributed by atoms with Crippen molar-refractivity contribution in [3.8, 4) is 5.75 Å². The molecule has 45 heavy (non-hydrogen) atoms. The number of carbonyl (C=O) groups excluding carboxylic acids is 1. The average molecular weight is 859 g/mol. The maximum Gasteiger partial charge on any atom is 0.338 e. The number of rotatable bonds is 8. The third-order valence-corrected chi connectivity index (χ3v) is 9.73. The zero-order valence-electron chi connectivity index (χ0n) is 23.9. The van der Waals surface area contributed by atoms with Gasteiger partial charge in [-0.15, -0.1) is 0 Å². The number of halogens is 3. The predicted molar refractivity (Wildman–Crippen MR) is 195 cm³/mol. The molecule has 1 aliphatic heterocycles. The molecule has 6 nitrogen and oxygen atoms in total. The van der Waals surface area contributed by atoms with E-state index in [1.54, 1.807) is 11.5 Å². The highest BCUT2D eigenvalue weighted by Gasteiger charge is 2.35. The van der Waals surface area contributed by atoms with Crippen LogP contribution in [0, 0.1) is 7.14 Å². The average Bonchev–Trinajstić information content (AvgIpc) is 3.34. The lowest BCUT2D eigenvalue weighted by Gasteiger charge is -2.25. The Balaban J connectivity index is 1.55. The van der Waals surface area contributed by atoms with Crippen LogP contribution in [0.1, 0.15) is 35.2 Å². The van der Waals surface area contributed by atoms with Crippen molar-refractivity contribution in [3.05, 3.63) is 157 Å². The minimum atomic E-state index is -0.728. The summed E-state index contributed by atoms with van der Waals surface area (Å²) in [5.74, 6) is 0.158. The molecule has 0 bridgehead atoms. The maximum atomic E-state index is 14.3. The Bertz CT molecular complexity index is 2110. The number of carbonyl (C=O) groups is 1. The predicted octanol–water partition coefficient (Wildman–Crippen LogP) is 7.38. The molecule has 0 saturated heterocycles. The summed E-state index contributed by atoms with van der Waals surface area (Å²) in [6, 6.07) is 29.9.